The van der Waals surface area contributed by atoms with Gasteiger partial charge in [0.05, 0.1) is 5.69 Å². The van der Waals surface area contributed by atoms with E-state index in [-0.39, 0.29) is 5.41 Å². The minimum Gasteiger partial charge on any atom is -0.330 e. The lowest BCUT2D eigenvalue weighted by atomic mass is 9.93. The van der Waals surface area contributed by atoms with Crippen molar-refractivity contribution in [3.63, 3.8) is 0 Å². The van der Waals surface area contributed by atoms with Gasteiger partial charge in [-0.1, -0.05) is 45.0 Å². The molecule has 0 radical (unpaired) electrons. The van der Waals surface area contributed by atoms with Gasteiger partial charge >= 0.3 is 0 Å². The summed E-state index contributed by atoms with van der Waals surface area (Å²) in [4.78, 5) is 4.74. The van der Waals surface area contributed by atoms with Gasteiger partial charge in [0.2, 0.25) is 0 Å². The summed E-state index contributed by atoms with van der Waals surface area (Å²) in [6, 6.07) is 8.69. The van der Waals surface area contributed by atoms with E-state index in [1.54, 1.807) is 11.3 Å². The Morgan fingerprint density at radius 3 is 2.37 bits per heavy atom. The van der Waals surface area contributed by atoms with Crippen molar-refractivity contribution in [3.8, 4) is 10.6 Å². The van der Waals surface area contributed by atoms with Gasteiger partial charge in [0.15, 0.2) is 0 Å². The molecule has 2 N–H and O–H groups in total. The van der Waals surface area contributed by atoms with Gasteiger partial charge in [0.1, 0.15) is 5.01 Å². The van der Waals surface area contributed by atoms with Crippen LogP contribution in [0.2, 0.25) is 0 Å². The highest BCUT2D eigenvalue weighted by Crippen LogP contribution is 2.29. The van der Waals surface area contributed by atoms with Gasteiger partial charge in [0.25, 0.3) is 0 Å². The molecule has 2 nitrogen and oxygen atoms in total. The minimum atomic E-state index is 0.121. The Hall–Kier alpha value is -1.19. The van der Waals surface area contributed by atoms with Crippen LogP contribution in [-0.2, 0) is 11.8 Å². The molecule has 0 atom stereocenters. The Labute approximate surface area is 119 Å². The number of nitrogens with two attached hydrogens (primary N) is 1. The molecule has 0 aliphatic rings. The van der Waals surface area contributed by atoms with Crippen LogP contribution in [0.1, 0.15) is 38.4 Å². The van der Waals surface area contributed by atoms with Crippen LogP contribution in [0.15, 0.2) is 29.6 Å². The normalized spacial score (nSPS) is 11.8. The van der Waals surface area contributed by atoms with Gasteiger partial charge in [-0.15, -0.1) is 11.3 Å². The second-order valence-electron chi connectivity index (χ2n) is 5.88. The van der Waals surface area contributed by atoms with Crippen LogP contribution in [-0.4, -0.2) is 11.5 Å². The van der Waals surface area contributed by atoms with Gasteiger partial charge in [-0.3, -0.25) is 0 Å². The summed E-state index contributed by atoms with van der Waals surface area (Å²) >= 11 is 1.72. The summed E-state index contributed by atoms with van der Waals surface area (Å²) < 4.78 is 0. The van der Waals surface area contributed by atoms with E-state index in [0.29, 0.717) is 0 Å². The third-order valence-electron chi connectivity index (χ3n) is 3.14. The molecule has 0 saturated carbocycles. The number of rotatable bonds is 4. The first-order valence-corrected chi connectivity index (χ1v) is 7.64. The van der Waals surface area contributed by atoms with Crippen molar-refractivity contribution in [2.75, 3.05) is 6.54 Å². The molecule has 0 saturated heterocycles. The van der Waals surface area contributed by atoms with E-state index >= 15 is 0 Å². The lowest BCUT2D eigenvalue weighted by Crippen LogP contribution is -2.11. The summed E-state index contributed by atoms with van der Waals surface area (Å²) in [6.07, 6.45) is 2.10. The summed E-state index contributed by atoms with van der Waals surface area (Å²) in [5.41, 5.74) is 9.37. The van der Waals surface area contributed by atoms with Crippen molar-refractivity contribution < 1.29 is 0 Å². The second-order valence-corrected chi connectivity index (χ2v) is 6.74. The fourth-order valence-electron chi connectivity index (χ4n) is 1.87. The number of benzene rings is 1. The summed E-state index contributed by atoms with van der Waals surface area (Å²) in [5.74, 6) is 0. The highest BCUT2D eigenvalue weighted by Gasteiger charge is 2.17. The first-order valence-electron chi connectivity index (χ1n) is 6.76. The first-order chi connectivity index (χ1) is 9.00. The molecule has 1 aromatic heterocycles. The Kier molecular flexibility index (Phi) is 4.38. The number of aryl methyl sites for hydroxylation is 1. The minimum absolute atomic E-state index is 0.121. The molecular formula is C16H22N2S. The van der Waals surface area contributed by atoms with Crippen LogP contribution in [0.25, 0.3) is 10.6 Å². The molecule has 2 rings (SSSR count). The monoisotopic (exact) mass is 274 g/mol. The van der Waals surface area contributed by atoms with Crippen molar-refractivity contribution in [2.24, 2.45) is 5.73 Å². The summed E-state index contributed by atoms with van der Waals surface area (Å²) in [7, 11) is 0. The van der Waals surface area contributed by atoms with Crippen molar-refractivity contribution in [3.05, 3.63) is 40.9 Å². The van der Waals surface area contributed by atoms with E-state index < -0.39 is 0 Å². The van der Waals surface area contributed by atoms with E-state index in [0.717, 1.165) is 24.4 Å². The Morgan fingerprint density at radius 2 is 1.84 bits per heavy atom. The second kappa shape index (κ2) is 5.85. The van der Waals surface area contributed by atoms with Crippen LogP contribution in [0, 0.1) is 0 Å². The highest BCUT2D eigenvalue weighted by molar-refractivity contribution is 7.13. The molecule has 0 fully saturated rings. The zero-order valence-corrected chi connectivity index (χ0v) is 12.8. The van der Waals surface area contributed by atoms with Crippen LogP contribution in [0.5, 0.6) is 0 Å². The molecule has 3 heteroatoms. The topological polar surface area (TPSA) is 38.9 Å². The molecule has 1 aromatic carbocycles. The van der Waals surface area contributed by atoms with E-state index in [1.807, 2.05) is 0 Å². The predicted octanol–water partition coefficient (Wildman–Crippen LogP) is 4.00. The number of hydrogen-bond acceptors (Lipinski definition) is 3. The fraction of sp³-hybridized carbons (Fsp3) is 0.438. The Morgan fingerprint density at radius 1 is 1.16 bits per heavy atom. The van der Waals surface area contributed by atoms with Crippen LogP contribution < -0.4 is 5.73 Å². The average molecular weight is 274 g/mol. The molecule has 0 spiro atoms. The molecule has 0 aliphatic heterocycles. The van der Waals surface area contributed by atoms with Gasteiger partial charge in [-0.2, -0.15) is 0 Å². The number of thiazole rings is 1. The number of nitrogens with zero attached hydrogens (tertiary/aromatic N) is 1. The molecule has 0 unspecified atom stereocenters. The van der Waals surface area contributed by atoms with Gasteiger partial charge in [-0.05, 0) is 24.9 Å². The molecule has 102 valence electrons. The van der Waals surface area contributed by atoms with E-state index in [9.17, 15) is 0 Å². The number of hydrogen-bond donors (Lipinski definition) is 1. The standard InChI is InChI=1S/C16H22N2S/c1-16(2,3)14-11-19-15(18-14)13-8-6-12(7-9-13)5-4-10-17/h6-9,11H,4-5,10,17H2,1-3H3. The third-order valence-corrected chi connectivity index (χ3v) is 4.03. The third kappa shape index (κ3) is 3.64. The zero-order valence-electron chi connectivity index (χ0n) is 11.9. The summed E-state index contributed by atoms with van der Waals surface area (Å²) in [5, 5.41) is 3.27. The summed E-state index contributed by atoms with van der Waals surface area (Å²) in [6.45, 7) is 7.34. The SMILES string of the molecule is CC(C)(C)c1csc(-c2ccc(CCCN)cc2)n1. The van der Waals surface area contributed by atoms with Crippen LogP contribution >= 0.6 is 11.3 Å². The molecule has 2 aromatic rings. The quantitative estimate of drug-likeness (QED) is 0.915. The number of aromatic nitrogens is 1. The van der Waals surface area contributed by atoms with E-state index in [4.69, 9.17) is 10.7 Å². The van der Waals surface area contributed by atoms with Gasteiger partial charge in [0, 0.05) is 16.4 Å². The highest BCUT2D eigenvalue weighted by atomic mass is 32.1. The molecule has 0 amide bonds. The van der Waals surface area contributed by atoms with Crippen molar-refractivity contribution in [1.29, 1.82) is 0 Å². The first kappa shape index (κ1) is 14.2. The maximum Gasteiger partial charge on any atom is 0.123 e. The van der Waals surface area contributed by atoms with Crippen molar-refractivity contribution >= 4 is 11.3 Å². The van der Waals surface area contributed by atoms with Crippen LogP contribution in [0.4, 0.5) is 0 Å². The zero-order chi connectivity index (χ0) is 13.9. The maximum absolute atomic E-state index is 5.53. The van der Waals surface area contributed by atoms with E-state index in [1.165, 1.54) is 16.8 Å². The molecule has 0 bridgehead atoms. The predicted molar refractivity (Wildman–Crippen MR) is 83.6 cm³/mol. The van der Waals surface area contributed by atoms with Gasteiger partial charge < -0.3 is 5.73 Å². The fourth-order valence-corrected chi connectivity index (χ4v) is 2.92. The molecule has 0 aliphatic carbocycles. The lowest BCUT2D eigenvalue weighted by Gasteiger charge is -2.14. The smallest absolute Gasteiger partial charge is 0.123 e. The van der Waals surface area contributed by atoms with Crippen molar-refractivity contribution in [2.45, 2.75) is 39.0 Å². The largest absolute Gasteiger partial charge is 0.330 e. The maximum atomic E-state index is 5.53. The molecule has 1 heterocycles. The van der Waals surface area contributed by atoms with Crippen molar-refractivity contribution in [1.82, 2.24) is 4.98 Å². The Bertz CT molecular complexity index is 520. The lowest BCUT2D eigenvalue weighted by molar-refractivity contribution is 0.573. The molecular weight excluding hydrogens is 252 g/mol. The van der Waals surface area contributed by atoms with Crippen LogP contribution in [0.3, 0.4) is 0 Å². The van der Waals surface area contributed by atoms with Gasteiger partial charge in [-0.25, -0.2) is 4.98 Å². The van der Waals surface area contributed by atoms with E-state index in [2.05, 4.69) is 50.4 Å². The molecule has 19 heavy (non-hydrogen) atoms. The Balaban J connectivity index is 2.16. The average Bonchev–Trinajstić information content (AvgIpc) is 2.86.